The van der Waals surface area contributed by atoms with E-state index in [2.05, 4.69) is 15.3 Å². The fourth-order valence-corrected chi connectivity index (χ4v) is 3.18. The highest BCUT2D eigenvalue weighted by atomic mass is 16.5. The van der Waals surface area contributed by atoms with Gasteiger partial charge in [-0.15, -0.1) is 0 Å². The summed E-state index contributed by atoms with van der Waals surface area (Å²) < 4.78 is 6.73. The minimum Gasteiger partial charge on any atom is -0.379 e. The molecule has 2 aromatic rings. The molecule has 140 valence electrons. The lowest BCUT2D eigenvalue weighted by atomic mass is 10.2. The van der Waals surface area contributed by atoms with Gasteiger partial charge in [-0.2, -0.15) is 9.78 Å². The molecule has 1 N–H and O–H groups in total. The molecule has 1 aromatic heterocycles. The Kier molecular flexibility index (Phi) is 6.35. The lowest BCUT2D eigenvalue weighted by Gasteiger charge is -2.26. The summed E-state index contributed by atoms with van der Waals surface area (Å²) in [7, 11) is 0. The van der Waals surface area contributed by atoms with Gasteiger partial charge in [0.05, 0.1) is 24.4 Å². The zero-order valence-corrected chi connectivity index (χ0v) is 15.2. The number of ether oxygens (including phenoxy) is 1. The van der Waals surface area contributed by atoms with Gasteiger partial charge in [0.1, 0.15) is 0 Å². The molecule has 1 aliphatic rings. The van der Waals surface area contributed by atoms with Crippen molar-refractivity contribution in [1.29, 1.82) is 0 Å². The van der Waals surface area contributed by atoms with Crippen molar-refractivity contribution in [2.24, 2.45) is 0 Å². The zero-order valence-electron chi connectivity index (χ0n) is 15.2. The van der Waals surface area contributed by atoms with Crippen LogP contribution in [0.25, 0.3) is 10.9 Å². The maximum atomic E-state index is 12.4. The zero-order chi connectivity index (χ0) is 18.4. The number of nitrogens with one attached hydrogen (secondary N) is 1. The first-order valence-electron chi connectivity index (χ1n) is 9.19. The number of amides is 1. The average Bonchev–Trinajstić information content (AvgIpc) is 3.01. The molecule has 7 heteroatoms. The third kappa shape index (κ3) is 4.68. The summed E-state index contributed by atoms with van der Waals surface area (Å²) >= 11 is 0. The second kappa shape index (κ2) is 8.91. The van der Waals surface area contributed by atoms with Crippen LogP contribution in [0.5, 0.6) is 0 Å². The quantitative estimate of drug-likeness (QED) is 0.761. The van der Waals surface area contributed by atoms with E-state index in [1.165, 1.54) is 4.68 Å². The van der Waals surface area contributed by atoms with Crippen LogP contribution in [0.15, 0.2) is 24.3 Å². The number of fused-ring (bicyclic) bond motifs is 1. The van der Waals surface area contributed by atoms with Crippen LogP contribution in [0.4, 0.5) is 0 Å². The lowest BCUT2D eigenvalue weighted by molar-refractivity contribution is -0.121. The molecule has 0 bridgehead atoms. The number of para-hydroxylation sites is 1. The van der Waals surface area contributed by atoms with Crippen molar-refractivity contribution >= 4 is 22.7 Å². The first-order valence-corrected chi connectivity index (χ1v) is 9.19. The second-order valence-electron chi connectivity index (χ2n) is 6.57. The van der Waals surface area contributed by atoms with Crippen LogP contribution >= 0.6 is 0 Å². The highest BCUT2D eigenvalue weighted by Gasteiger charge is 2.15. The molecule has 0 atom stereocenters. The summed E-state index contributed by atoms with van der Waals surface area (Å²) in [6.07, 6.45) is 1.24. The Morgan fingerprint density at radius 2 is 1.96 bits per heavy atom. The lowest BCUT2D eigenvalue weighted by Crippen LogP contribution is -2.38. The van der Waals surface area contributed by atoms with E-state index in [9.17, 15) is 9.59 Å². The number of rotatable bonds is 7. The minimum absolute atomic E-state index is 0.0893. The summed E-state index contributed by atoms with van der Waals surface area (Å²) in [6.45, 7) is 6.97. The van der Waals surface area contributed by atoms with Gasteiger partial charge in [0.2, 0.25) is 11.8 Å². The number of hydrogen-bond acceptors (Lipinski definition) is 5. The van der Waals surface area contributed by atoms with E-state index >= 15 is 0 Å². The number of carbonyl (C=O) groups excluding carboxylic acids is 2. The third-order valence-corrected chi connectivity index (χ3v) is 4.65. The molecule has 7 nitrogen and oxygen atoms in total. The fourth-order valence-electron chi connectivity index (χ4n) is 3.18. The van der Waals surface area contributed by atoms with Gasteiger partial charge in [-0.05, 0) is 26.0 Å². The first kappa shape index (κ1) is 18.5. The number of aryl methyl sites for hydroxylation is 1. The molecule has 0 spiro atoms. The van der Waals surface area contributed by atoms with Gasteiger partial charge in [0.25, 0.3) is 0 Å². The molecule has 1 aliphatic heterocycles. The highest BCUT2D eigenvalue weighted by molar-refractivity contribution is 5.93. The molecule has 0 saturated carbocycles. The topological polar surface area (TPSA) is 76.5 Å². The number of carbonyl (C=O) groups is 2. The van der Waals surface area contributed by atoms with Crippen LogP contribution in [0, 0.1) is 6.92 Å². The van der Waals surface area contributed by atoms with E-state index in [1.807, 2.05) is 31.2 Å². The fraction of sp³-hybridized carbons (Fsp3) is 0.526. The summed E-state index contributed by atoms with van der Waals surface area (Å²) in [4.78, 5) is 26.7. The van der Waals surface area contributed by atoms with Gasteiger partial charge in [0.15, 0.2) is 0 Å². The van der Waals surface area contributed by atoms with Gasteiger partial charge in [-0.3, -0.25) is 14.5 Å². The molecular formula is C19H26N4O3. The molecule has 2 heterocycles. The van der Waals surface area contributed by atoms with Crippen molar-refractivity contribution in [3.63, 3.8) is 0 Å². The summed E-state index contributed by atoms with van der Waals surface area (Å²) in [5, 5.41) is 8.17. The Labute approximate surface area is 153 Å². The molecule has 0 radical (unpaired) electrons. The SMILES string of the molecule is Cc1nn(C(=O)CCC(=O)NCCCN2CCOCC2)c2ccccc12. The van der Waals surface area contributed by atoms with Crippen molar-refractivity contribution in [3.05, 3.63) is 30.0 Å². The molecule has 1 aromatic carbocycles. The van der Waals surface area contributed by atoms with E-state index < -0.39 is 0 Å². The molecule has 1 fully saturated rings. The van der Waals surface area contributed by atoms with E-state index in [0.717, 1.165) is 55.9 Å². The third-order valence-electron chi connectivity index (χ3n) is 4.65. The number of hydrogen-bond donors (Lipinski definition) is 1. The normalized spacial score (nSPS) is 15.3. The Morgan fingerprint density at radius 3 is 2.77 bits per heavy atom. The van der Waals surface area contributed by atoms with Crippen molar-refractivity contribution < 1.29 is 14.3 Å². The molecule has 26 heavy (non-hydrogen) atoms. The molecular weight excluding hydrogens is 332 g/mol. The molecule has 1 amide bonds. The van der Waals surface area contributed by atoms with E-state index in [4.69, 9.17) is 4.74 Å². The largest absolute Gasteiger partial charge is 0.379 e. The Hall–Kier alpha value is -2.25. The van der Waals surface area contributed by atoms with Gasteiger partial charge in [-0.25, -0.2) is 0 Å². The van der Waals surface area contributed by atoms with Gasteiger partial charge in [-0.1, -0.05) is 18.2 Å². The smallest absolute Gasteiger partial charge is 0.247 e. The van der Waals surface area contributed by atoms with Crippen molar-refractivity contribution in [3.8, 4) is 0 Å². The maximum Gasteiger partial charge on any atom is 0.247 e. The molecule has 1 saturated heterocycles. The van der Waals surface area contributed by atoms with E-state index in [-0.39, 0.29) is 24.7 Å². The summed E-state index contributed by atoms with van der Waals surface area (Å²) in [6, 6.07) is 7.63. The highest BCUT2D eigenvalue weighted by Crippen LogP contribution is 2.17. The van der Waals surface area contributed by atoms with Gasteiger partial charge < -0.3 is 10.1 Å². The number of aromatic nitrogens is 2. The van der Waals surface area contributed by atoms with Crippen molar-refractivity contribution in [2.45, 2.75) is 26.2 Å². The van der Waals surface area contributed by atoms with Crippen molar-refractivity contribution in [2.75, 3.05) is 39.4 Å². The Balaban J connectivity index is 1.40. The number of morpholine rings is 1. The van der Waals surface area contributed by atoms with Crippen LogP contribution in [-0.2, 0) is 9.53 Å². The molecule has 0 unspecified atom stereocenters. The van der Waals surface area contributed by atoms with Crippen LogP contribution in [0.1, 0.15) is 29.8 Å². The van der Waals surface area contributed by atoms with Gasteiger partial charge in [0, 0.05) is 37.9 Å². The van der Waals surface area contributed by atoms with Crippen LogP contribution in [-0.4, -0.2) is 65.9 Å². The average molecular weight is 358 g/mol. The molecule has 3 rings (SSSR count). The Bertz CT molecular complexity index is 765. The summed E-state index contributed by atoms with van der Waals surface area (Å²) in [5.41, 5.74) is 1.61. The number of benzene rings is 1. The van der Waals surface area contributed by atoms with E-state index in [1.54, 1.807) is 0 Å². The van der Waals surface area contributed by atoms with Crippen molar-refractivity contribution in [1.82, 2.24) is 20.0 Å². The van der Waals surface area contributed by atoms with Crippen LogP contribution < -0.4 is 5.32 Å². The van der Waals surface area contributed by atoms with Crippen LogP contribution in [0.2, 0.25) is 0 Å². The standard InChI is InChI=1S/C19H26N4O3/c1-15-16-5-2-3-6-17(16)23(21-15)19(25)8-7-18(24)20-9-4-10-22-11-13-26-14-12-22/h2-3,5-6H,4,7-14H2,1H3,(H,20,24). The molecule has 0 aliphatic carbocycles. The van der Waals surface area contributed by atoms with Gasteiger partial charge >= 0.3 is 0 Å². The number of nitrogens with zero attached hydrogens (tertiary/aromatic N) is 3. The predicted molar refractivity (Wildman–Crippen MR) is 99.2 cm³/mol. The predicted octanol–water partition coefficient (Wildman–Crippen LogP) is 1.60. The summed E-state index contributed by atoms with van der Waals surface area (Å²) in [5.74, 6) is -0.244. The minimum atomic E-state index is -0.155. The van der Waals surface area contributed by atoms with Crippen LogP contribution in [0.3, 0.4) is 0 Å². The second-order valence-corrected chi connectivity index (χ2v) is 6.57. The Morgan fingerprint density at radius 1 is 1.19 bits per heavy atom. The maximum absolute atomic E-state index is 12.4. The monoisotopic (exact) mass is 358 g/mol. The van der Waals surface area contributed by atoms with E-state index in [0.29, 0.717) is 6.54 Å². The first-order chi connectivity index (χ1) is 12.6.